The van der Waals surface area contributed by atoms with Crippen molar-refractivity contribution in [3.05, 3.63) is 81.3 Å². The molecule has 3 aromatic rings. The van der Waals surface area contributed by atoms with Gasteiger partial charge in [0.25, 0.3) is 5.56 Å². The molecular formula is C36H45N5O6. The van der Waals surface area contributed by atoms with Crippen LogP contribution in [0.3, 0.4) is 0 Å². The molecule has 3 aliphatic rings. The van der Waals surface area contributed by atoms with Crippen molar-refractivity contribution in [2.24, 2.45) is 34.0 Å². The lowest BCUT2D eigenvalue weighted by atomic mass is 9.44. The first-order valence-electron chi connectivity index (χ1n) is 16.6. The number of nitrogens with zero attached hydrogens (tertiary/aromatic N) is 4. The second-order valence-corrected chi connectivity index (χ2v) is 14.8. The summed E-state index contributed by atoms with van der Waals surface area (Å²) in [7, 11) is 0. The number of aromatic amines is 1. The molecule has 0 spiro atoms. The Hall–Kier alpha value is -4.12. The lowest BCUT2D eigenvalue weighted by Crippen LogP contribution is -2.63. The zero-order valence-corrected chi connectivity index (χ0v) is 27.9. The summed E-state index contributed by atoms with van der Waals surface area (Å²) < 4.78 is 9.24. The van der Waals surface area contributed by atoms with Crippen molar-refractivity contribution < 1.29 is 19.4 Å². The Morgan fingerprint density at radius 3 is 2.57 bits per heavy atom. The van der Waals surface area contributed by atoms with E-state index >= 15 is 0 Å². The van der Waals surface area contributed by atoms with Crippen LogP contribution in [0, 0.1) is 40.9 Å². The molecule has 3 saturated carbocycles. The molecule has 47 heavy (non-hydrogen) atoms. The number of ether oxygens (including phenoxy) is 1. The zero-order chi connectivity index (χ0) is 33.9. The Bertz CT molecular complexity index is 1830. The van der Waals surface area contributed by atoms with E-state index < -0.39 is 40.3 Å². The molecule has 11 heteroatoms. The van der Waals surface area contributed by atoms with E-state index in [-0.39, 0.29) is 35.5 Å². The second kappa shape index (κ2) is 11.8. The number of H-pyrrole nitrogens is 1. The smallest absolute Gasteiger partial charge is 0.328 e. The van der Waals surface area contributed by atoms with Gasteiger partial charge in [-0.2, -0.15) is 0 Å². The van der Waals surface area contributed by atoms with E-state index in [9.17, 15) is 24.3 Å². The van der Waals surface area contributed by atoms with Crippen LogP contribution in [-0.4, -0.2) is 53.6 Å². The van der Waals surface area contributed by atoms with E-state index in [1.165, 1.54) is 15.4 Å². The number of carbonyl (C=O) groups is 2. The first-order valence-corrected chi connectivity index (χ1v) is 16.6. The van der Waals surface area contributed by atoms with Crippen LogP contribution in [0.2, 0.25) is 0 Å². The number of aliphatic hydroxyl groups excluding tert-OH is 1. The number of rotatable bonds is 7. The van der Waals surface area contributed by atoms with E-state index in [1.54, 1.807) is 19.2 Å². The predicted octanol–water partition coefficient (Wildman–Crippen LogP) is 4.06. The van der Waals surface area contributed by atoms with Gasteiger partial charge in [0, 0.05) is 40.5 Å². The number of hydrogen-bond donors (Lipinski definition) is 2. The van der Waals surface area contributed by atoms with Gasteiger partial charge in [-0.3, -0.25) is 23.9 Å². The average Bonchev–Trinajstić information content (AvgIpc) is 3.65. The molecule has 1 aromatic carbocycles. The quantitative estimate of drug-likeness (QED) is 0.289. The third kappa shape index (κ3) is 5.42. The minimum absolute atomic E-state index is 0.0935. The van der Waals surface area contributed by atoms with E-state index in [0.29, 0.717) is 30.6 Å². The molecular weight excluding hydrogens is 598 g/mol. The predicted molar refractivity (Wildman–Crippen MR) is 175 cm³/mol. The highest BCUT2D eigenvalue weighted by Gasteiger charge is 2.68. The van der Waals surface area contributed by atoms with Crippen LogP contribution in [0.5, 0.6) is 0 Å². The number of carbonyl (C=O) groups excluding carboxylic acids is 2. The van der Waals surface area contributed by atoms with Gasteiger partial charge in [0.1, 0.15) is 24.1 Å². The zero-order valence-electron chi connectivity index (χ0n) is 27.9. The molecule has 0 radical (unpaired) electrons. The molecule has 2 bridgehead atoms. The Morgan fingerprint density at radius 2 is 1.87 bits per heavy atom. The van der Waals surface area contributed by atoms with Crippen molar-refractivity contribution in [2.75, 3.05) is 0 Å². The summed E-state index contributed by atoms with van der Waals surface area (Å²) in [5.74, 6) is -0.501. The van der Waals surface area contributed by atoms with Crippen molar-refractivity contribution in [1.29, 1.82) is 0 Å². The Morgan fingerprint density at radius 1 is 1.15 bits per heavy atom. The van der Waals surface area contributed by atoms with Crippen LogP contribution in [0.25, 0.3) is 11.3 Å². The van der Waals surface area contributed by atoms with Crippen molar-refractivity contribution in [3.8, 4) is 11.3 Å². The molecule has 2 aromatic heterocycles. The fraction of sp³-hybridized carbons (Fsp3) is 0.556. The van der Waals surface area contributed by atoms with Gasteiger partial charge in [-0.15, -0.1) is 11.7 Å². The SMILES string of the molecule is C=C[C@]1(C)C[C@@H](OC(=O)Cn2cc(-c3ccc(Cn4cc(C)c(=O)[nH]c4=O)cc3)nn2)[C@]2(C)C(C)CC[C@]3(CCC(=O)[C@H]32)[C@@H](C)[C@@H]1O. The van der Waals surface area contributed by atoms with Crippen molar-refractivity contribution in [3.63, 3.8) is 0 Å². The van der Waals surface area contributed by atoms with E-state index in [2.05, 4.69) is 42.6 Å². The van der Waals surface area contributed by atoms with Gasteiger partial charge in [0.15, 0.2) is 0 Å². The third-order valence-corrected chi connectivity index (χ3v) is 12.2. The molecule has 11 nitrogen and oxygen atoms in total. The van der Waals surface area contributed by atoms with E-state index in [1.807, 2.05) is 31.2 Å². The highest BCUT2D eigenvalue weighted by atomic mass is 16.5. The summed E-state index contributed by atoms with van der Waals surface area (Å²) in [6.07, 6.45) is 7.07. The number of ketones is 1. The molecule has 2 heterocycles. The number of aromatic nitrogens is 5. The summed E-state index contributed by atoms with van der Waals surface area (Å²) in [5, 5.41) is 20.2. The van der Waals surface area contributed by atoms with Crippen molar-refractivity contribution >= 4 is 11.8 Å². The molecule has 6 rings (SSSR count). The number of benzene rings is 1. The topological polar surface area (TPSA) is 149 Å². The number of Topliss-reactive ketones (excluding diaryl/α,β-unsaturated/α-hetero) is 1. The summed E-state index contributed by atoms with van der Waals surface area (Å²) in [4.78, 5) is 53.4. The van der Waals surface area contributed by atoms with Gasteiger partial charge in [-0.05, 0) is 55.4 Å². The van der Waals surface area contributed by atoms with Crippen molar-refractivity contribution in [2.45, 2.75) is 92.0 Å². The van der Waals surface area contributed by atoms with Gasteiger partial charge in [-0.1, -0.05) is 63.2 Å². The first-order chi connectivity index (χ1) is 22.2. The molecule has 0 saturated heterocycles. The molecule has 0 aliphatic heterocycles. The lowest BCUT2D eigenvalue weighted by Gasteiger charge is -2.61. The molecule has 0 amide bonds. The normalized spacial score (nSPS) is 33.5. The summed E-state index contributed by atoms with van der Waals surface area (Å²) in [6.45, 7) is 14.2. The molecule has 2 N–H and O–H groups in total. The van der Waals surface area contributed by atoms with Crippen LogP contribution in [0.1, 0.15) is 70.9 Å². The van der Waals surface area contributed by atoms with Gasteiger partial charge < -0.3 is 9.84 Å². The number of esters is 1. The van der Waals surface area contributed by atoms with Gasteiger partial charge >= 0.3 is 11.7 Å². The Labute approximate surface area is 274 Å². The Kier molecular flexibility index (Phi) is 8.27. The fourth-order valence-corrected chi connectivity index (χ4v) is 9.05. The van der Waals surface area contributed by atoms with E-state index in [0.717, 1.165) is 30.4 Å². The van der Waals surface area contributed by atoms with Gasteiger partial charge in [0.2, 0.25) is 0 Å². The number of aliphatic hydroxyl groups is 1. The standard InChI is InChI=1S/C36H45N5O6/c1-7-34(5)16-28(35(6)22(3)12-14-36(23(4)31(34)44)15-13-27(42)30(35)36)47-29(43)20-41-19-26(38-39-41)25-10-8-24(9-11-25)18-40-17-21(2)32(45)37-33(40)46/h7-11,17,19,22-23,28,30-31,44H,1,12-16,18,20H2,2-6H3,(H,37,45,46)/t22?,23-,28+,30-,31-,34+,35-,36-/m0/s1. The molecule has 8 atom stereocenters. The number of nitrogens with one attached hydrogen (secondary N) is 1. The minimum Gasteiger partial charge on any atom is -0.460 e. The maximum atomic E-state index is 13.6. The van der Waals surface area contributed by atoms with Gasteiger partial charge in [0.05, 0.1) is 18.8 Å². The highest BCUT2D eigenvalue weighted by Crippen LogP contribution is 2.68. The maximum Gasteiger partial charge on any atom is 0.328 e. The molecule has 3 fully saturated rings. The first kappa shape index (κ1) is 32.8. The molecule has 1 unspecified atom stereocenters. The van der Waals surface area contributed by atoms with E-state index in [4.69, 9.17) is 4.74 Å². The fourth-order valence-electron chi connectivity index (χ4n) is 9.05. The maximum absolute atomic E-state index is 13.6. The number of hydrogen-bond acceptors (Lipinski definition) is 8. The average molecular weight is 644 g/mol. The second-order valence-electron chi connectivity index (χ2n) is 14.8. The monoisotopic (exact) mass is 643 g/mol. The van der Waals surface area contributed by atoms with Crippen LogP contribution >= 0.6 is 0 Å². The molecule has 3 aliphatic carbocycles. The highest BCUT2D eigenvalue weighted by molar-refractivity contribution is 5.85. The summed E-state index contributed by atoms with van der Waals surface area (Å²) in [5.41, 5.74) is 0.163. The summed E-state index contributed by atoms with van der Waals surface area (Å²) in [6, 6.07) is 7.45. The lowest BCUT2D eigenvalue weighted by molar-refractivity contribution is -0.207. The van der Waals surface area contributed by atoms with Crippen LogP contribution in [0.4, 0.5) is 0 Å². The Balaban J connectivity index is 1.21. The third-order valence-electron chi connectivity index (χ3n) is 12.2. The summed E-state index contributed by atoms with van der Waals surface area (Å²) >= 11 is 0. The minimum atomic E-state index is -0.724. The van der Waals surface area contributed by atoms with Crippen LogP contribution in [0.15, 0.2) is 58.9 Å². The van der Waals surface area contributed by atoms with Crippen LogP contribution in [-0.2, 0) is 27.4 Å². The van der Waals surface area contributed by atoms with Crippen molar-refractivity contribution in [1.82, 2.24) is 24.5 Å². The largest absolute Gasteiger partial charge is 0.460 e. The number of aryl methyl sites for hydroxylation is 1. The molecule has 250 valence electrons. The van der Waals surface area contributed by atoms with Crippen LogP contribution < -0.4 is 11.2 Å². The van der Waals surface area contributed by atoms with Gasteiger partial charge in [-0.25, -0.2) is 9.48 Å².